The Balaban J connectivity index is 0.00000144. The van der Waals surface area contributed by atoms with Crippen molar-refractivity contribution in [3.63, 3.8) is 0 Å². The molecule has 0 aliphatic heterocycles. The van der Waals surface area contributed by atoms with E-state index >= 15 is 0 Å². The molecular formula is C9H13BrClNO. The van der Waals surface area contributed by atoms with E-state index in [1.165, 1.54) is 0 Å². The SMILES string of the molecule is COc1ccc([C@@H](C)N)c(Br)c1.Cl. The van der Waals surface area contributed by atoms with Crippen molar-refractivity contribution in [1.29, 1.82) is 0 Å². The fourth-order valence-corrected chi connectivity index (χ4v) is 1.72. The van der Waals surface area contributed by atoms with Crippen LogP contribution in [-0.4, -0.2) is 7.11 Å². The molecule has 1 rings (SSSR count). The van der Waals surface area contributed by atoms with E-state index in [0.29, 0.717) is 0 Å². The van der Waals surface area contributed by atoms with Gasteiger partial charge in [0, 0.05) is 10.5 Å². The fourth-order valence-electron chi connectivity index (χ4n) is 1.00. The van der Waals surface area contributed by atoms with Gasteiger partial charge in [0.1, 0.15) is 5.75 Å². The third-order valence-corrected chi connectivity index (χ3v) is 2.38. The highest BCUT2D eigenvalue weighted by atomic mass is 79.9. The summed E-state index contributed by atoms with van der Waals surface area (Å²) in [6.45, 7) is 1.95. The van der Waals surface area contributed by atoms with Gasteiger partial charge in [0.2, 0.25) is 0 Å². The Hall–Kier alpha value is -0.250. The maximum absolute atomic E-state index is 5.74. The van der Waals surface area contributed by atoms with Crippen LogP contribution in [0.4, 0.5) is 0 Å². The topological polar surface area (TPSA) is 35.2 Å². The first-order valence-electron chi connectivity index (χ1n) is 3.74. The Morgan fingerprint density at radius 2 is 2.08 bits per heavy atom. The molecule has 0 fully saturated rings. The molecule has 0 saturated carbocycles. The van der Waals surface area contributed by atoms with E-state index < -0.39 is 0 Å². The van der Waals surface area contributed by atoms with Crippen molar-refractivity contribution in [1.82, 2.24) is 0 Å². The van der Waals surface area contributed by atoms with Gasteiger partial charge in [0.15, 0.2) is 0 Å². The van der Waals surface area contributed by atoms with Crippen LogP contribution in [0.2, 0.25) is 0 Å². The summed E-state index contributed by atoms with van der Waals surface area (Å²) in [5, 5.41) is 0. The van der Waals surface area contributed by atoms with Crippen LogP contribution in [0.1, 0.15) is 18.5 Å². The molecule has 1 aromatic rings. The monoisotopic (exact) mass is 265 g/mol. The summed E-state index contributed by atoms with van der Waals surface area (Å²) in [6.07, 6.45) is 0. The molecule has 0 amide bonds. The normalized spacial score (nSPS) is 11.7. The average Bonchev–Trinajstić information content (AvgIpc) is 2.03. The zero-order valence-electron chi connectivity index (χ0n) is 7.58. The third kappa shape index (κ3) is 3.18. The van der Waals surface area contributed by atoms with Crippen LogP contribution in [0.25, 0.3) is 0 Å². The lowest BCUT2D eigenvalue weighted by Gasteiger charge is -2.09. The average molecular weight is 267 g/mol. The van der Waals surface area contributed by atoms with Crippen LogP contribution < -0.4 is 10.5 Å². The number of benzene rings is 1. The largest absolute Gasteiger partial charge is 0.497 e. The van der Waals surface area contributed by atoms with Gasteiger partial charge in [-0.05, 0) is 24.6 Å². The van der Waals surface area contributed by atoms with Crippen molar-refractivity contribution in [3.05, 3.63) is 28.2 Å². The number of halogens is 2. The van der Waals surface area contributed by atoms with E-state index in [4.69, 9.17) is 10.5 Å². The van der Waals surface area contributed by atoms with Crippen molar-refractivity contribution in [2.75, 3.05) is 7.11 Å². The Bertz CT molecular complexity index is 278. The summed E-state index contributed by atoms with van der Waals surface area (Å²) in [5.41, 5.74) is 6.83. The third-order valence-electron chi connectivity index (χ3n) is 1.70. The fraction of sp³-hybridized carbons (Fsp3) is 0.333. The summed E-state index contributed by atoms with van der Waals surface area (Å²) in [7, 11) is 1.65. The van der Waals surface area contributed by atoms with Gasteiger partial charge in [-0.15, -0.1) is 12.4 Å². The first kappa shape index (κ1) is 12.8. The predicted molar refractivity (Wildman–Crippen MR) is 60.5 cm³/mol. The Kier molecular flexibility index (Phi) is 5.37. The highest BCUT2D eigenvalue weighted by Crippen LogP contribution is 2.26. The van der Waals surface area contributed by atoms with E-state index in [-0.39, 0.29) is 18.4 Å². The number of ether oxygens (including phenoxy) is 1. The first-order chi connectivity index (χ1) is 5.65. The number of nitrogens with two attached hydrogens (primary N) is 1. The zero-order valence-corrected chi connectivity index (χ0v) is 9.98. The number of hydrogen-bond donors (Lipinski definition) is 1. The van der Waals surface area contributed by atoms with Gasteiger partial charge in [0.05, 0.1) is 7.11 Å². The maximum Gasteiger partial charge on any atom is 0.120 e. The lowest BCUT2D eigenvalue weighted by molar-refractivity contribution is 0.414. The Labute approximate surface area is 93.0 Å². The quantitative estimate of drug-likeness (QED) is 0.893. The minimum Gasteiger partial charge on any atom is -0.497 e. The Morgan fingerprint density at radius 1 is 1.46 bits per heavy atom. The van der Waals surface area contributed by atoms with Crippen LogP contribution in [0.3, 0.4) is 0 Å². The molecule has 0 heterocycles. The maximum atomic E-state index is 5.74. The summed E-state index contributed by atoms with van der Waals surface area (Å²) in [5.74, 6) is 0.839. The number of methoxy groups -OCH3 is 1. The van der Waals surface area contributed by atoms with Gasteiger partial charge < -0.3 is 10.5 Å². The second-order valence-corrected chi connectivity index (χ2v) is 3.53. The van der Waals surface area contributed by atoms with Crippen molar-refractivity contribution < 1.29 is 4.74 Å². The molecule has 0 aliphatic rings. The molecule has 4 heteroatoms. The summed E-state index contributed by atoms with van der Waals surface area (Å²) in [4.78, 5) is 0. The van der Waals surface area contributed by atoms with Gasteiger partial charge in [0.25, 0.3) is 0 Å². The van der Waals surface area contributed by atoms with E-state index in [0.717, 1.165) is 15.8 Å². The van der Waals surface area contributed by atoms with Crippen LogP contribution in [0.15, 0.2) is 22.7 Å². The molecule has 0 spiro atoms. The summed E-state index contributed by atoms with van der Waals surface area (Å²) in [6, 6.07) is 5.83. The molecule has 2 N–H and O–H groups in total. The molecule has 1 atom stereocenters. The van der Waals surface area contributed by atoms with Crippen molar-refractivity contribution in [2.45, 2.75) is 13.0 Å². The lowest BCUT2D eigenvalue weighted by Crippen LogP contribution is -2.05. The molecule has 0 saturated heterocycles. The highest BCUT2D eigenvalue weighted by Gasteiger charge is 2.04. The van der Waals surface area contributed by atoms with Crippen LogP contribution in [-0.2, 0) is 0 Å². The van der Waals surface area contributed by atoms with E-state index in [1.807, 2.05) is 25.1 Å². The molecular weight excluding hydrogens is 253 g/mol. The van der Waals surface area contributed by atoms with Crippen molar-refractivity contribution >= 4 is 28.3 Å². The Morgan fingerprint density at radius 3 is 2.46 bits per heavy atom. The van der Waals surface area contributed by atoms with E-state index in [9.17, 15) is 0 Å². The van der Waals surface area contributed by atoms with Gasteiger partial charge in [-0.2, -0.15) is 0 Å². The van der Waals surface area contributed by atoms with Gasteiger partial charge in [-0.25, -0.2) is 0 Å². The molecule has 0 unspecified atom stereocenters. The predicted octanol–water partition coefficient (Wildman–Crippen LogP) is 2.90. The molecule has 0 aliphatic carbocycles. The van der Waals surface area contributed by atoms with E-state index in [2.05, 4.69) is 15.9 Å². The lowest BCUT2D eigenvalue weighted by atomic mass is 10.1. The minimum absolute atomic E-state index is 0. The van der Waals surface area contributed by atoms with Crippen molar-refractivity contribution in [3.8, 4) is 5.75 Å². The van der Waals surface area contributed by atoms with Crippen molar-refractivity contribution in [2.24, 2.45) is 5.73 Å². The molecule has 2 nitrogen and oxygen atoms in total. The number of rotatable bonds is 2. The van der Waals surface area contributed by atoms with Gasteiger partial charge in [-0.1, -0.05) is 22.0 Å². The van der Waals surface area contributed by atoms with E-state index in [1.54, 1.807) is 7.11 Å². The summed E-state index contributed by atoms with van der Waals surface area (Å²) < 4.78 is 6.06. The van der Waals surface area contributed by atoms with Crippen LogP contribution in [0, 0.1) is 0 Å². The molecule has 0 bridgehead atoms. The number of hydrogen-bond acceptors (Lipinski definition) is 2. The molecule has 0 aromatic heterocycles. The first-order valence-corrected chi connectivity index (χ1v) is 4.53. The van der Waals surface area contributed by atoms with Crippen LogP contribution in [0.5, 0.6) is 5.75 Å². The molecule has 0 radical (unpaired) electrons. The second kappa shape index (κ2) is 5.47. The standard InChI is InChI=1S/C9H12BrNO.ClH/c1-6(11)8-4-3-7(12-2)5-9(8)10;/h3-6H,11H2,1-2H3;1H/t6-;/m1./s1. The molecule has 74 valence electrons. The second-order valence-electron chi connectivity index (χ2n) is 2.68. The minimum atomic E-state index is 0. The van der Waals surface area contributed by atoms with Crippen LogP contribution >= 0.6 is 28.3 Å². The van der Waals surface area contributed by atoms with Gasteiger partial charge >= 0.3 is 0 Å². The summed E-state index contributed by atoms with van der Waals surface area (Å²) >= 11 is 3.43. The highest BCUT2D eigenvalue weighted by molar-refractivity contribution is 9.10. The molecule has 13 heavy (non-hydrogen) atoms. The van der Waals surface area contributed by atoms with Gasteiger partial charge in [-0.3, -0.25) is 0 Å². The zero-order chi connectivity index (χ0) is 9.14. The smallest absolute Gasteiger partial charge is 0.120 e. The molecule has 1 aromatic carbocycles.